The summed E-state index contributed by atoms with van der Waals surface area (Å²) in [5.74, 6) is 1.32. The van der Waals surface area contributed by atoms with Gasteiger partial charge in [-0.25, -0.2) is 9.97 Å². The van der Waals surface area contributed by atoms with E-state index >= 15 is 0 Å². The molecule has 1 aromatic carbocycles. The molecule has 1 N–H and O–H groups in total. The van der Waals surface area contributed by atoms with Crippen LogP contribution in [0.4, 0.5) is 11.6 Å². The van der Waals surface area contributed by atoms with E-state index in [1.807, 2.05) is 30.3 Å². The zero-order valence-corrected chi connectivity index (χ0v) is 14.2. The Bertz CT molecular complexity index is 785. The molecule has 24 heavy (non-hydrogen) atoms. The maximum atomic E-state index is 5.74. The van der Waals surface area contributed by atoms with Gasteiger partial charge in [-0.2, -0.15) is 4.98 Å². The van der Waals surface area contributed by atoms with Gasteiger partial charge in [0.25, 0.3) is 0 Å². The third-order valence-electron chi connectivity index (χ3n) is 3.71. The molecule has 3 rings (SSSR count). The highest BCUT2D eigenvalue weighted by Crippen LogP contribution is 2.27. The van der Waals surface area contributed by atoms with Gasteiger partial charge >= 0.3 is 0 Å². The Hall–Kier alpha value is -2.63. The molecule has 0 spiro atoms. The predicted molar refractivity (Wildman–Crippen MR) is 95.7 cm³/mol. The first-order valence-electron chi connectivity index (χ1n) is 8.49. The van der Waals surface area contributed by atoms with Crippen molar-refractivity contribution in [2.45, 2.75) is 39.7 Å². The fourth-order valence-electron chi connectivity index (χ4n) is 2.49. The van der Waals surface area contributed by atoms with E-state index in [4.69, 9.17) is 9.72 Å². The third-order valence-corrected chi connectivity index (χ3v) is 3.71. The van der Waals surface area contributed by atoms with Crippen molar-refractivity contribution in [1.82, 2.24) is 19.5 Å². The fraction of sp³-hybridized carbons (Fsp3) is 0.389. The number of unbranched alkanes of at least 4 members (excludes halogenated alkanes) is 1. The molecule has 0 saturated heterocycles. The zero-order chi connectivity index (χ0) is 16.8. The first-order chi connectivity index (χ1) is 11.8. The maximum absolute atomic E-state index is 5.74. The number of imidazole rings is 1. The molecule has 0 aliphatic carbocycles. The van der Waals surface area contributed by atoms with Gasteiger partial charge in [-0.05, 0) is 25.0 Å². The van der Waals surface area contributed by atoms with E-state index in [2.05, 4.69) is 33.7 Å². The topological polar surface area (TPSA) is 64.9 Å². The largest absolute Gasteiger partial charge is 0.476 e. The smallest absolute Gasteiger partial charge is 0.245 e. The summed E-state index contributed by atoms with van der Waals surface area (Å²) in [5, 5.41) is 3.38. The SMILES string of the molecule is CCCCn1c(Nc2ccccc2)nc2c(OCCC)ncnc21. The number of nitrogens with zero attached hydrogens (tertiary/aromatic N) is 4. The van der Waals surface area contributed by atoms with Crippen LogP contribution in [-0.4, -0.2) is 26.1 Å². The van der Waals surface area contributed by atoms with Gasteiger partial charge in [-0.1, -0.05) is 38.5 Å². The minimum atomic E-state index is 0.549. The minimum absolute atomic E-state index is 0.549. The van der Waals surface area contributed by atoms with E-state index in [0.29, 0.717) is 18.0 Å². The van der Waals surface area contributed by atoms with Crippen LogP contribution in [0.3, 0.4) is 0 Å². The van der Waals surface area contributed by atoms with Crippen LogP contribution in [0, 0.1) is 0 Å². The molecule has 0 amide bonds. The van der Waals surface area contributed by atoms with Crippen molar-refractivity contribution < 1.29 is 4.74 Å². The van der Waals surface area contributed by atoms with Crippen LogP contribution in [0.15, 0.2) is 36.7 Å². The Morgan fingerprint density at radius 3 is 2.67 bits per heavy atom. The highest BCUT2D eigenvalue weighted by Gasteiger charge is 2.16. The summed E-state index contributed by atoms with van der Waals surface area (Å²) in [4.78, 5) is 13.4. The van der Waals surface area contributed by atoms with Crippen LogP contribution < -0.4 is 10.1 Å². The number of hydrogen-bond acceptors (Lipinski definition) is 5. The van der Waals surface area contributed by atoms with Crippen LogP contribution >= 0.6 is 0 Å². The summed E-state index contributed by atoms with van der Waals surface area (Å²) < 4.78 is 7.84. The second-order valence-electron chi connectivity index (χ2n) is 5.63. The van der Waals surface area contributed by atoms with Gasteiger partial charge in [0.05, 0.1) is 6.61 Å². The van der Waals surface area contributed by atoms with E-state index in [-0.39, 0.29) is 0 Å². The number of fused-ring (bicyclic) bond motifs is 1. The Kier molecular flexibility index (Phi) is 5.25. The van der Waals surface area contributed by atoms with E-state index in [1.54, 1.807) is 6.33 Å². The third kappa shape index (κ3) is 3.48. The van der Waals surface area contributed by atoms with Crippen molar-refractivity contribution in [3.05, 3.63) is 36.7 Å². The molecular formula is C18H23N5O. The van der Waals surface area contributed by atoms with Crippen LogP contribution in [0.25, 0.3) is 11.2 Å². The van der Waals surface area contributed by atoms with Crippen molar-refractivity contribution in [3.8, 4) is 5.88 Å². The van der Waals surface area contributed by atoms with Gasteiger partial charge < -0.3 is 10.1 Å². The summed E-state index contributed by atoms with van der Waals surface area (Å²) in [5.41, 5.74) is 2.51. The Morgan fingerprint density at radius 1 is 1.08 bits per heavy atom. The zero-order valence-electron chi connectivity index (χ0n) is 14.2. The molecule has 0 saturated carbocycles. The van der Waals surface area contributed by atoms with E-state index in [0.717, 1.165) is 43.1 Å². The number of nitrogens with one attached hydrogen (secondary N) is 1. The van der Waals surface area contributed by atoms with Gasteiger partial charge in [0.1, 0.15) is 6.33 Å². The van der Waals surface area contributed by atoms with Gasteiger partial charge in [-0.3, -0.25) is 4.57 Å². The molecule has 0 aliphatic heterocycles. The monoisotopic (exact) mass is 325 g/mol. The van der Waals surface area contributed by atoms with Gasteiger partial charge in [0.15, 0.2) is 11.2 Å². The number of para-hydroxylation sites is 1. The lowest BCUT2D eigenvalue weighted by molar-refractivity contribution is 0.308. The van der Waals surface area contributed by atoms with Crippen LogP contribution in [-0.2, 0) is 6.54 Å². The van der Waals surface area contributed by atoms with Crippen molar-refractivity contribution in [2.24, 2.45) is 0 Å². The summed E-state index contributed by atoms with van der Waals surface area (Å²) in [7, 11) is 0. The lowest BCUT2D eigenvalue weighted by Gasteiger charge is -2.09. The number of benzene rings is 1. The van der Waals surface area contributed by atoms with Gasteiger partial charge in [0.2, 0.25) is 11.8 Å². The minimum Gasteiger partial charge on any atom is -0.476 e. The highest BCUT2D eigenvalue weighted by atomic mass is 16.5. The molecule has 0 aliphatic rings. The molecule has 0 unspecified atom stereocenters. The molecule has 2 heterocycles. The Morgan fingerprint density at radius 2 is 1.92 bits per heavy atom. The average Bonchev–Trinajstić information content (AvgIpc) is 2.96. The molecule has 2 aromatic heterocycles. The summed E-state index contributed by atoms with van der Waals surface area (Å²) in [6.45, 7) is 5.72. The molecule has 6 heteroatoms. The Balaban J connectivity index is 2.02. The number of aromatic nitrogens is 4. The second-order valence-corrected chi connectivity index (χ2v) is 5.63. The normalized spacial score (nSPS) is 10.9. The molecule has 3 aromatic rings. The fourth-order valence-corrected chi connectivity index (χ4v) is 2.49. The quantitative estimate of drug-likeness (QED) is 0.673. The lowest BCUT2D eigenvalue weighted by Crippen LogP contribution is -2.05. The molecule has 0 bridgehead atoms. The second kappa shape index (κ2) is 7.77. The molecular weight excluding hydrogens is 302 g/mol. The highest BCUT2D eigenvalue weighted by molar-refractivity contribution is 5.80. The van der Waals surface area contributed by atoms with E-state index in [9.17, 15) is 0 Å². The molecule has 0 atom stereocenters. The summed E-state index contributed by atoms with van der Waals surface area (Å²) in [6.07, 6.45) is 4.64. The van der Waals surface area contributed by atoms with E-state index < -0.39 is 0 Å². The van der Waals surface area contributed by atoms with Gasteiger partial charge in [0, 0.05) is 12.2 Å². The number of aryl methyl sites for hydroxylation is 1. The van der Waals surface area contributed by atoms with Crippen molar-refractivity contribution in [3.63, 3.8) is 0 Å². The predicted octanol–water partition coefficient (Wildman–Crippen LogP) is 4.16. The van der Waals surface area contributed by atoms with Crippen LogP contribution in [0.1, 0.15) is 33.1 Å². The number of ether oxygens (including phenoxy) is 1. The number of rotatable bonds is 8. The van der Waals surface area contributed by atoms with Gasteiger partial charge in [-0.15, -0.1) is 0 Å². The molecule has 0 radical (unpaired) electrons. The van der Waals surface area contributed by atoms with Crippen molar-refractivity contribution >= 4 is 22.8 Å². The molecule has 126 valence electrons. The standard InChI is InChI=1S/C18H23N5O/c1-3-5-11-23-16-15(17(20-13-19-16)24-12-4-2)22-18(23)21-14-9-7-6-8-10-14/h6-10,13H,3-5,11-12H2,1-2H3,(H,21,22). The summed E-state index contributed by atoms with van der Waals surface area (Å²) in [6, 6.07) is 10.0. The average molecular weight is 325 g/mol. The lowest BCUT2D eigenvalue weighted by atomic mass is 10.3. The van der Waals surface area contributed by atoms with Crippen LogP contribution in [0.5, 0.6) is 5.88 Å². The maximum Gasteiger partial charge on any atom is 0.245 e. The molecule has 6 nitrogen and oxygen atoms in total. The first kappa shape index (κ1) is 16.2. The Labute approximate surface area is 141 Å². The number of hydrogen-bond donors (Lipinski definition) is 1. The number of anilines is 2. The van der Waals surface area contributed by atoms with Crippen molar-refractivity contribution in [2.75, 3.05) is 11.9 Å². The summed E-state index contributed by atoms with van der Waals surface area (Å²) >= 11 is 0. The molecule has 0 fully saturated rings. The van der Waals surface area contributed by atoms with Crippen LogP contribution in [0.2, 0.25) is 0 Å². The van der Waals surface area contributed by atoms with Crippen molar-refractivity contribution in [1.29, 1.82) is 0 Å². The van der Waals surface area contributed by atoms with E-state index in [1.165, 1.54) is 0 Å². The first-order valence-corrected chi connectivity index (χ1v) is 8.49.